The first-order chi connectivity index (χ1) is 15.8. The average molecular weight is 502 g/mol. The molecule has 0 amide bonds. The molecule has 1 heterocycles. The quantitative estimate of drug-likeness (QED) is 0.139. The number of esters is 3. The molecule has 0 unspecified atom stereocenters. The van der Waals surface area contributed by atoms with Crippen molar-refractivity contribution < 1.29 is 51.0 Å². The van der Waals surface area contributed by atoms with Crippen LogP contribution in [0.2, 0.25) is 0 Å². The van der Waals surface area contributed by atoms with Crippen LogP contribution in [0.3, 0.4) is 0 Å². The van der Waals surface area contributed by atoms with E-state index in [-0.39, 0.29) is 4.90 Å². The van der Waals surface area contributed by atoms with Gasteiger partial charge < -0.3 is 35.1 Å². The van der Waals surface area contributed by atoms with Crippen LogP contribution in [-0.2, 0) is 47.6 Å². The van der Waals surface area contributed by atoms with Crippen LogP contribution in [0.25, 0.3) is 16.0 Å². The molecule has 188 valence electrons. The second-order valence-electron chi connectivity index (χ2n) is 6.93. The van der Waals surface area contributed by atoms with Crippen molar-refractivity contribution in [2.45, 2.75) is 63.3 Å². The van der Waals surface area contributed by atoms with Crippen LogP contribution in [0.4, 0.5) is 0 Å². The van der Waals surface area contributed by atoms with E-state index in [1.807, 2.05) is 0 Å². The molecule has 0 bridgehead atoms. The minimum absolute atomic E-state index is 0.118. The standard InChI is InChI=1S/C19H24O11S.N3/c1-10-5-7-14(8-6-10)31(24,25)26-9-15-16(27-11(2)20)17(28-12(3)21)18(19(23)30-15)29-13(4)22;1-3-2/h5-8,15-19,23H,9H2,1-4H3;/q;-1/t15-,16-,17+,18-,19-;/m1./s1. The van der Waals surface area contributed by atoms with Crippen molar-refractivity contribution in [3.63, 3.8) is 0 Å². The first-order valence-electron chi connectivity index (χ1n) is 9.62. The molecule has 0 saturated carbocycles. The Morgan fingerprint density at radius 1 is 0.941 bits per heavy atom. The third kappa shape index (κ3) is 8.61. The number of ether oxygens (including phenoxy) is 4. The van der Waals surface area contributed by atoms with Crippen molar-refractivity contribution in [1.29, 1.82) is 0 Å². The van der Waals surface area contributed by atoms with Gasteiger partial charge in [-0.05, 0) is 19.1 Å². The molecule has 1 aromatic rings. The summed E-state index contributed by atoms with van der Waals surface area (Å²) in [5.74, 6) is -2.45. The van der Waals surface area contributed by atoms with Crippen molar-refractivity contribution >= 4 is 28.0 Å². The highest BCUT2D eigenvalue weighted by molar-refractivity contribution is 7.86. The molecule has 1 aliphatic heterocycles. The van der Waals surface area contributed by atoms with Crippen molar-refractivity contribution in [3.8, 4) is 0 Å². The molecule has 1 aliphatic rings. The molecule has 1 N–H and O–H groups in total. The van der Waals surface area contributed by atoms with Crippen LogP contribution < -0.4 is 0 Å². The normalized spacial score (nSPS) is 24.0. The Kier molecular flexibility index (Phi) is 10.9. The van der Waals surface area contributed by atoms with Crippen LogP contribution in [0, 0.1) is 6.92 Å². The van der Waals surface area contributed by atoms with Gasteiger partial charge in [0, 0.05) is 20.8 Å². The van der Waals surface area contributed by atoms with Crippen molar-refractivity contribution in [1.82, 2.24) is 0 Å². The first-order valence-corrected chi connectivity index (χ1v) is 11.0. The summed E-state index contributed by atoms with van der Waals surface area (Å²) in [5.41, 5.74) is 14.3. The van der Waals surface area contributed by atoms with Gasteiger partial charge in [0.05, 0.1) is 11.5 Å². The van der Waals surface area contributed by atoms with Gasteiger partial charge in [-0.2, -0.15) is 8.42 Å². The first kappa shape index (κ1) is 28.8. The lowest BCUT2D eigenvalue weighted by Crippen LogP contribution is -2.62. The Bertz CT molecular complexity index is 1010. The van der Waals surface area contributed by atoms with Crippen LogP contribution >= 0.6 is 0 Å². The molecule has 0 radical (unpaired) electrons. The van der Waals surface area contributed by atoms with E-state index in [9.17, 15) is 27.9 Å². The maximum atomic E-state index is 12.5. The Morgan fingerprint density at radius 2 is 1.38 bits per heavy atom. The molecule has 0 aromatic heterocycles. The van der Waals surface area contributed by atoms with Gasteiger partial charge in [0.15, 0.2) is 24.6 Å². The van der Waals surface area contributed by atoms with Crippen LogP contribution in [0.5, 0.6) is 0 Å². The molecule has 1 aromatic carbocycles. The number of carbonyl (C=O) groups is 3. The average Bonchev–Trinajstić information content (AvgIpc) is 2.71. The molecule has 15 heteroatoms. The monoisotopic (exact) mass is 502 g/mol. The number of hydrogen-bond acceptors (Lipinski definition) is 11. The molecular formula is C19H24N3O11S-. The number of aryl methyl sites for hydroxylation is 1. The third-order valence-corrected chi connectivity index (χ3v) is 5.51. The fourth-order valence-electron chi connectivity index (χ4n) is 2.94. The summed E-state index contributed by atoms with van der Waals surface area (Å²) in [7, 11) is -4.21. The van der Waals surface area contributed by atoms with E-state index in [1.54, 1.807) is 19.1 Å². The van der Waals surface area contributed by atoms with Gasteiger partial charge >= 0.3 is 17.9 Å². The summed E-state index contributed by atoms with van der Waals surface area (Å²) in [6, 6.07) is 5.87. The number of aliphatic hydroxyl groups excluding tert-OH is 1. The van der Waals surface area contributed by atoms with E-state index >= 15 is 0 Å². The molecule has 2 rings (SSSR count). The van der Waals surface area contributed by atoms with Gasteiger partial charge in [0.1, 0.15) is 6.10 Å². The zero-order valence-electron chi connectivity index (χ0n) is 18.7. The summed E-state index contributed by atoms with van der Waals surface area (Å²) in [6.07, 6.45) is -7.59. The zero-order chi connectivity index (χ0) is 26.1. The van der Waals surface area contributed by atoms with Crippen LogP contribution in [0.15, 0.2) is 29.2 Å². The van der Waals surface area contributed by atoms with Gasteiger partial charge in [-0.3, -0.25) is 23.5 Å². The fraction of sp³-hybridized carbons (Fsp3) is 0.526. The third-order valence-electron chi connectivity index (χ3n) is 4.21. The number of hydrogen-bond donors (Lipinski definition) is 1. The largest absolute Gasteiger partial charge is 0.456 e. The SMILES string of the molecule is CC(=O)O[C@@H]1[C@@H](OC(C)=O)[C@H](O)O[C@H](COS(=O)(=O)c2ccc(C)cc2)[C@H]1OC(C)=O.[N-]=[N+]=[N-]. The second-order valence-corrected chi connectivity index (χ2v) is 8.54. The molecule has 5 atom stereocenters. The smallest absolute Gasteiger partial charge is 0.303 e. The predicted octanol–water partition coefficient (Wildman–Crippen LogP) is 1.08. The van der Waals surface area contributed by atoms with Gasteiger partial charge in [-0.1, -0.05) is 17.7 Å². The van der Waals surface area contributed by atoms with Crippen molar-refractivity contribution in [3.05, 3.63) is 45.8 Å². The topological polar surface area (TPSA) is 210 Å². The van der Waals surface area contributed by atoms with E-state index in [2.05, 4.69) is 0 Å². The summed E-state index contributed by atoms with van der Waals surface area (Å²) in [5, 5.41) is 10.3. The van der Waals surface area contributed by atoms with E-state index < -0.39 is 65.3 Å². The Morgan fingerprint density at radius 3 is 1.85 bits per heavy atom. The Labute approximate surface area is 195 Å². The highest BCUT2D eigenvalue weighted by Gasteiger charge is 2.51. The lowest BCUT2D eigenvalue weighted by atomic mass is 9.98. The maximum Gasteiger partial charge on any atom is 0.303 e. The van der Waals surface area contributed by atoms with E-state index in [0.717, 1.165) is 26.3 Å². The maximum absolute atomic E-state index is 12.5. The molecular weight excluding hydrogens is 478 g/mol. The van der Waals surface area contributed by atoms with Crippen molar-refractivity contribution in [2.75, 3.05) is 6.61 Å². The van der Waals surface area contributed by atoms with E-state index in [0.29, 0.717) is 0 Å². The van der Waals surface area contributed by atoms with Gasteiger partial charge in [-0.15, -0.1) is 0 Å². The Balaban J connectivity index is 0.00000182. The van der Waals surface area contributed by atoms with E-state index in [1.165, 1.54) is 17.0 Å². The second kappa shape index (κ2) is 12.9. The molecule has 1 fully saturated rings. The lowest BCUT2D eigenvalue weighted by molar-refractivity contribution is -0.294. The number of nitrogens with zero attached hydrogens (tertiary/aromatic N) is 3. The summed E-state index contributed by atoms with van der Waals surface area (Å²) in [4.78, 5) is 35.9. The van der Waals surface area contributed by atoms with Gasteiger partial charge in [-0.25, -0.2) is 0 Å². The molecule has 0 aliphatic carbocycles. The predicted molar refractivity (Wildman–Crippen MR) is 112 cm³/mol. The van der Waals surface area contributed by atoms with Crippen LogP contribution in [-0.4, -0.2) is 68.7 Å². The molecule has 34 heavy (non-hydrogen) atoms. The summed E-state index contributed by atoms with van der Waals surface area (Å²) >= 11 is 0. The zero-order valence-corrected chi connectivity index (χ0v) is 19.5. The molecule has 14 nitrogen and oxygen atoms in total. The number of aliphatic hydroxyl groups is 1. The number of benzene rings is 1. The number of carbonyl (C=O) groups excluding carboxylic acids is 3. The lowest BCUT2D eigenvalue weighted by Gasteiger charge is -2.42. The van der Waals surface area contributed by atoms with Crippen molar-refractivity contribution in [2.24, 2.45) is 0 Å². The van der Waals surface area contributed by atoms with E-state index in [4.69, 9.17) is 34.2 Å². The Hall–Kier alpha value is -3.23. The van der Waals surface area contributed by atoms with Gasteiger partial charge in [0.2, 0.25) is 0 Å². The molecule has 1 saturated heterocycles. The van der Waals surface area contributed by atoms with Gasteiger partial charge in [0.25, 0.3) is 10.1 Å². The fourth-order valence-corrected chi connectivity index (χ4v) is 3.85. The van der Waals surface area contributed by atoms with Crippen LogP contribution in [0.1, 0.15) is 26.3 Å². The highest BCUT2D eigenvalue weighted by atomic mass is 32.2. The summed E-state index contributed by atoms with van der Waals surface area (Å²) in [6.45, 7) is 4.28. The number of rotatable bonds is 7. The highest BCUT2D eigenvalue weighted by Crippen LogP contribution is 2.29. The summed E-state index contributed by atoms with van der Waals surface area (Å²) < 4.78 is 50.5. The minimum atomic E-state index is -4.21. The molecule has 0 spiro atoms. The minimum Gasteiger partial charge on any atom is -0.456 e.